The average molecular weight is 300 g/mol. The van der Waals surface area contributed by atoms with Crippen molar-refractivity contribution in [3.8, 4) is 0 Å². The standard InChI is InChI=1S/C13H22BrN3/c1-7-15-11-9(14)10(8(2)3)16-12(17-11)13(4,5)6/h8H,7H2,1-6H3,(H,15,16,17). The Bertz CT molecular complexity index is 394. The Balaban J connectivity index is 3.36. The minimum absolute atomic E-state index is 0.0332. The van der Waals surface area contributed by atoms with Crippen molar-refractivity contribution in [1.82, 2.24) is 9.97 Å². The van der Waals surface area contributed by atoms with Crippen molar-refractivity contribution < 1.29 is 0 Å². The Hall–Kier alpha value is -0.640. The molecule has 0 spiro atoms. The van der Waals surface area contributed by atoms with E-state index in [1.54, 1.807) is 0 Å². The topological polar surface area (TPSA) is 37.8 Å². The van der Waals surface area contributed by atoms with Crippen molar-refractivity contribution in [2.75, 3.05) is 11.9 Å². The van der Waals surface area contributed by atoms with Crippen LogP contribution in [-0.2, 0) is 5.41 Å². The van der Waals surface area contributed by atoms with Crippen LogP contribution in [0.15, 0.2) is 4.47 Å². The van der Waals surface area contributed by atoms with E-state index in [-0.39, 0.29) is 5.41 Å². The van der Waals surface area contributed by atoms with Crippen molar-refractivity contribution in [3.63, 3.8) is 0 Å². The molecule has 0 amide bonds. The summed E-state index contributed by atoms with van der Waals surface area (Å²) in [6.45, 7) is 13.6. The zero-order chi connectivity index (χ0) is 13.2. The number of halogens is 1. The Labute approximate surface area is 113 Å². The van der Waals surface area contributed by atoms with Crippen LogP contribution >= 0.6 is 15.9 Å². The van der Waals surface area contributed by atoms with Gasteiger partial charge in [-0.2, -0.15) is 0 Å². The highest BCUT2D eigenvalue weighted by Crippen LogP contribution is 2.31. The molecule has 0 saturated heterocycles. The summed E-state index contributed by atoms with van der Waals surface area (Å²) in [6, 6.07) is 0. The highest BCUT2D eigenvalue weighted by atomic mass is 79.9. The van der Waals surface area contributed by atoms with Crippen LogP contribution < -0.4 is 5.32 Å². The van der Waals surface area contributed by atoms with Gasteiger partial charge in [0.05, 0.1) is 10.2 Å². The summed E-state index contributed by atoms with van der Waals surface area (Å²) in [4.78, 5) is 9.30. The molecule has 0 radical (unpaired) electrons. The molecule has 1 aromatic rings. The Morgan fingerprint density at radius 2 is 1.82 bits per heavy atom. The van der Waals surface area contributed by atoms with E-state index in [1.807, 2.05) is 0 Å². The van der Waals surface area contributed by atoms with Crippen molar-refractivity contribution in [3.05, 3.63) is 16.0 Å². The monoisotopic (exact) mass is 299 g/mol. The Morgan fingerprint density at radius 3 is 2.24 bits per heavy atom. The van der Waals surface area contributed by atoms with Crippen LogP contribution in [0.4, 0.5) is 5.82 Å². The second-order valence-corrected chi connectivity index (χ2v) is 6.32. The van der Waals surface area contributed by atoms with Crippen molar-refractivity contribution in [2.45, 2.75) is 52.9 Å². The summed E-state index contributed by atoms with van der Waals surface area (Å²) in [5.41, 5.74) is 1.04. The lowest BCUT2D eigenvalue weighted by atomic mass is 9.95. The van der Waals surface area contributed by atoms with Crippen molar-refractivity contribution in [2.24, 2.45) is 0 Å². The first-order chi connectivity index (χ1) is 7.77. The van der Waals surface area contributed by atoms with Gasteiger partial charge < -0.3 is 5.32 Å². The zero-order valence-electron chi connectivity index (χ0n) is 11.6. The summed E-state index contributed by atoms with van der Waals surface area (Å²) in [7, 11) is 0. The van der Waals surface area contributed by atoms with Gasteiger partial charge in [-0.25, -0.2) is 9.97 Å². The van der Waals surface area contributed by atoms with Gasteiger partial charge >= 0.3 is 0 Å². The van der Waals surface area contributed by atoms with E-state index in [0.717, 1.165) is 28.4 Å². The molecule has 0 bridgehead atoms. The molecule has 1 rings (SSSR count). The fraction of sp³-hybridized carbons (Fsp3) is 0.692. The summed E-state index contributed by atoms with van der Waals surface area (Å²) in [5, 5.41) is 3.29. The molecular weight excluding hydrogens is 278 g/mol. The number of hydrogen-bond acceptors (Lipinski definition) is 3. The molecule has 0 aliphatic heterocycles. The molecule has 1 heterocycles. The minimum Gasteiger partial charge on any atom is -0.369 e. The maximum Gasteiger partial charge on any atom is 0.144 e. The van der Waals surface area contributed by atoms with E-state index in [9.17, 15) is 0 Å². The van der Waals surface area contributed by atoms with Crippen molar-refractivity contribution in [1.29, 1.82) is 0 Å². The van der Waals surface area contributed by atoms with Gasteiger partial charge in [0.2, 0.25) is 0 Å². The minimum atomic E-state index is -0.0332. The van der Waals surface area contributed by atoms with Crippen LogP contribution in [-0.4, -0.2) is 16.5 Å². The van der Waals surface area contributed by atoms with E-state index in [4.69, 9.17) is 0 Å². The van der Waals surface area contributed by atoms with E-state index in [2.05, 4.69) is 72.8 Å². The van der Waals surface area contributed by atoms with E-state index in [1.165, 1.54) is 0 Å². The quantitative estimate of drug-likeness (QED) is 0.913. The molecule has 0 aromatic carbocycles. The van der Waals surface area contributed by atoms with Crippen LogP contribution in [0.1, 0.15) is 59.0 Å². The van der Waals surface area contributed by atoms with Crippen LogP contribution in [0.25, 0.3) is 0 Å². The summed E-state index contributed by atoms with van der Waals surface area (Å²) in [5.74, 6) is 2.17. The van der Waals surface area contributed by atoms with E-state index in [0.29, 0.717) is 5.92 Å². The molecule has 4 heteroatoms. The summed E-state index contributed by atoms with van der Waals surface area (Å²) >= 11 is 3.60. The fourth-order valence-electron chi connectivity index (χ4n) is 1.47. The maximum absolute atomic E-state index is 4.69. The maximum atomic E-state index is 4.69. The number of hydrogen-bond donors (Lipinski definition) is 1. The van der Waals surface area contributed by atoms with Gasteiger partial charge in [-0.05, 0) is 28.8 Å². The average Bonchev–Trinajstić information content (AvgIpc) is 2.19. The van der Waals surface area contributed by atoms with Gasteiger partial charge in [0.15, 0.2) is 0 Å². The molecule has 0 aliphatic rings. The molecule has 17 heavy (non-hydrogen) atoms. The van der Waals surface area contributed by atoms with Crippen LogP contribution in [0, 0.1) is 0 Å². The lowest BCUT2D eigenvalue weighted by molar-refractivity contribution is 0.538. The van der Waals surface area contributed by atoms with Gasteiger partial charge in [0.25, 0.3) is 0 Å². The molecular formula is C13H22BrN3. The van der Waals surface area contributed by atoms with Gasteiger partial charge in [-0.1, -0.05) is 34.6 Å². The second kappa shape index (κ2) is 5.34. The normalized spacial score (nSPS) is 12.0. The second-order valence-electron chi connectivity index (χ2n) is 5.53. The molecule has 3 nitrogen and oxygen atoms in total. The first-order valence-electron chi connectivity index (χ1n) is 6.09. The molecule has 1 aromatic heterocycles. The third kappa shape index (κ3) is 3.41. The lowest BCUT2D eigenvalue weighted by Gasteiger charge is -2.21. The first-order valence-corrected chi connectivity index (χ1v) is 6.88. The third-order valence-corrected chi connectivity index (χ3v) is 3.22. The smallest absolute Gasteiger partial charge is 0.144 e. The predicted octanol–water partition coefficient (Wildman–Crippen LogP) is 4.09. The van der Waals surface area contributed by atoms with Crippen LogP contribution in [0.5, 0.6) is 0 Å². The zero-order valence-corrected chi connectivity index (χ0v) is 13.1. The predicted molar refractivity (Wildman–Crippen MR) is 76.7 cm³/mol. The Kier molecular flexibility index (Phi) is 4.53. The molecule has 0 unspecified atom stereocenters. The molecule has 0 atom stereocenters. The van der Waals surface area contributed by atoms with Gasteiger partial charge in [0.1, 0.15) is 11.6 Å². The first kappa shape index (κ1) is 14.4. The third-order valence-electron chi connectivity index (χ3n) is 2.44. The lowest BCUT2D eigenvalue weighted by Crippen LogP contribution is -2.19. The van der Waals surface area contributed by atoms with Crippen molar-refractivity contribution >= 4 is 21.7 Å². The largest absolute Gasteiger partial charge is 0.369 e. The van der Waals surface area contributed by atoms with Gasteiger partial charge in [-0.3, -0.25) is 0 Å². The number of rotatable bonds is 3. The molecule has 0 fully saturated rings. The van der Waals surface area contributed by atoms with E-state index < -0.39 is 0 Å². The molecule has 0 saturated carbocycles. The van der Waals surface area contributed by atoms with E-state index >= 15 is 0 Å². The number of nitrogens with one attached hydrogen (secondary N) is 1. The van der Waals surface area contributed by atoms with Crippen LogP contribution in [0.3, 0.4) is 0 Å². The fourth-order valence-corrected chi connectivity index (χ4v) is 2.24. The Morgan fingerprint density at radius 1 is 1.24 bits per heavy atom. The van der Waals surface area contributed by atoms with Crippen LogP contribution in [0.2, 0.25) is 0 Å². The summed E-state index contributed by atoms with van der Waals surface area (Å²) < 4.78 is 0.988. The summed E-state index contributed by atoms with van der Waals surface area (Å²) in [6.07, 6.45) is 0. The highest BCUT2D eigenvalue weighted by Gasteiger charge is 2.22. The van der Waals surface area contributed by atoms with Gasteiger partial charge in [0, 0.05) is 12.0 Å². The number of aromatic nitrogens is 2. The number of nitrogens with zero attached hydrogens (tertiary/aromatic N) is 2. The number of anilines is 1. The molecule has 96 valence electrons. The molecule has 0 aliphatic carbocycles. The van der Waals surface area contributed by atoms with Gasteiger partial charge in [-0.15, -0.1) is 0 Å². The molecule has 1 N–H and O–H groups in total. The SMILES string of the molecule is CCNc1nc(C(C)(C)C)nc(C(C)C)c1Br. The highest BCUT2D eigenvalue weighted by molar-refractivity contribution is 9.10.